The molecule has 1 aliphatic heterocycles. The van der Waals surface area contributed by atoms with Gasteiger partial charge in [0, 0.05) is 61.7 Å². The number of methoxy groups -OCH3 is 1. The zero-order valence-electron chi connectivity index (χ0n) is 19.4. The van der Waals surface area contributed by atoms with Crippen molar-refractivity contribution in [2.24, 2.45) is 0 Å². The van der Waals surface area contributed by atoms with E-state index in [2.05, 4.69) is 75.3 Å². The van der Waals surface area contributed by atoms with Gasteiger partial charge >= 0.3 is 0 Å². The largest absolute Gasteiger partial charge is 0.497 e. The number of anilines is 3. The predicted molar refractivity (Wildman–Crippen MR) is 136 cm³/mol. The van der Waals surface area contributed by atoms with Gasteiger partial charge in [-0.3, -0.25) is 0 Å². The second-order valence-electron chi connectivity index (χ2n) is 8.51. The first kappa shape index (κ1) is 21.2. The van der Waals surface area contributed by atoms with E-state index in [1.165, 1.54) is 5.69 Å². The number of fused-ring (bicyclic) bond motifs is 1. The summed E-state index contributed by atoms with van der Waals surface area (Å²) in [6, 6.07) is 22.9. The number of benzene rings is 3. The first-order valence-electron chi connectivity index (χ1n) is 11.3. The summed E-state index contributed by atoms with van der Waals surface area (Å²) in [5, 5.41) is 1.02. The molecule has 1 aromatic heterocycles. The Morgan fingerprint density at radius 2 is 1.67 bits per heavy atom. The number of piperazine rings is 1. The van der Waals surface area contributed by atoms with E-state index in [1.807, 2.05) is 31.4 Å². The van der Waals surface area contributed by atoms with Crippen LogP contribution in [0.25, 0.3) is 22.0 Å². The molecule has 1 fully saturated rings. The predicted octanol–water partition coefficient (Wildman–Crippen LogP) is 4.83. The van der Waals surface area contributed by atoms with E-state index in [4.69, 9.17) is 9.72 Å². The molecule has 0 unspecified atom stereocenters. The van der Waals surface area contributed by atoms with Crippen molar-refractivity contribution in [2.45, 2.75) is 0 Å². The molecule has 0 atom stereocenters. The van der Waals surface area contributed by atoms with Gasteiger partial charge in [-0.2, -0.15) is 0 Å². The van der Waals surface area contributed by atoms with Crippen LogP contribution < -0.4 is 14.5 Å². The van der Waals surface area contributed by atoms with Crippen LogP contribution in [0.1, 0.15) is 0 Å². The summed E-state index contributed by atoms with van der Waals surface area (Å²) in [7, 11) is 5.89. The molecule has 0 amide bonds. The topological polar surface area (TPSA) is 44.7 Å². The molecule has 0 N–H and O–H groups in total. The van der Waals surface area contributed by atoms with Crippen LogP contribution in [0.15, 0.2) is 72.9 Å². The van der Waals surface area contributed by atoms with Gasteiger partial charge < -0.3 is 19.4 Å². The number of aromatic nitrogens is 2. The zero-order valence-corrected chi connectivity index (χ0v) is 19.4. The van der Waals surface area contributed by atoms with Crippen LogP contribution in [0.5, 0.6) is 5.75 Å². The molecule has 6 heteroatoms. The molecule has 2 heterocycles. The second-order valence-corrected chi connectivity index (χ2v) is 8.51. The van der Waals surface area contributed by atoms with Crippen molar-refractivity contribution < 1.29 is 4.74 Å². The molecule has 5 rings (SSSR count). The van der Waals surface area contributed by atoms with Gasteiger partial charge in [-0.25, -0.2) is 9.97 Å². The second kappa shape index (κ2) is 9.08. The van der Waals surface area contributed by atoms with Crippen molar-refractivity contribution >= 4 is 28.2 Å². The average Bonchev–Trinajstić information content (AvgIpc) is 2.88. The maximum Gasteiger partial charge on any atom is 0.230 e. The van der Waals surface area contributed by atoms with E-state index in [1.54, 1.807) is 7.11 Å². The third-order valence-corrected chi connectivity index (χ3v) is 6.38. The first-order chi connectivity index (χ1) is 16.1. The third kappa shape index (κ3) is 4.34. The summed E-state index contributed by atoms with van der Waals surface area (Å²) in [6.45, 7) is 4.26. The molecule has 0 saturated carbocycles. The SMILES string of the molecule is COc1ccc(-c2cccc3cnc(N(C)c4cccc(N5CCN(C)CC5)c4)nc23)cc1. The van der Waals surface area contributed by atoms with Crippen LogP contribution in [0.2, 0.25) is 0 Å². The van der Waals surface area contributed by atoms with Gasteiger partial charge in [-0.1, -0.05) is 36.4 Å². The van der Waals surface area contributed by atoms with E-state index in [9.17, 15) is 0 Å². The summed E-state index contributed by atoms with van der Waals surface area (Å²) in [4.78, 5) is 16.5. The van der Waals surface area contributed by atoms with Gasteiger partial charge in [-0.15, -0.1) is 0 Å². The van der Waals surface area contributed by atoms with Crippen LogP contribution in [0, 0.1) is 0 Å². The lowest BCUT2D eigenvalue weighted by atomic mass is 10.0. The molecule has 4 aromatic rings. The number of ether oxygens (including phenoxy) is 1. The molecule has 1 aliphatic rings. The number of likely N-dealkylation sites (N-methyl/N-ethyl adjacent to an activating group) is 1. The normalized spacial score (nSPS) is 14.5. The van der Waals surface area contributed by atoms with Crippen LogP contribution in [0.3, 0.4) is 0 Å². The number of hydrogen-bond acceptors (Lipinski definition) is 6. The highest BCUT2D eigenvalue weighted by Gasteiger charge is 2.16. The Bertz CT molecular complexity index is 1250. The average molecular weight is 440 g/mol. The van der Waals surface area contributed by atoms with Crippen molar-refractivity contribution in [2.75, 3.05) is 57.2 Å². The Morgan fingerprint density at radius 1 is 0.909 bits per heavy atom. The van der Waals surface area contributed by atoms with Gasteiger partial charge in [0.05, 0.1) is 12.6 Å². The van der Waals surface area contributed by atoms with Gasteiger partial charge in [-0.05, 0) is 42.9 Å². The van der Waals surface area contributed by atoms with E-state index in [0.717, 1.165) is 59.6 Å². The quantitative estimate of drug-likeness (QED) is 0.444. The lowest BCUT2D eigenvalue weighted by molar-refractivity contribution is 0.313. The summed E-state index contributed by atoms with van der Waals surface area (Å²) >= 11 is 0. The third-order valence-electron chi connectivity index (χ3n) is 6.38. The molecule has 33 heavy (non-hydrogen) atoms. The van der Waals surface area contributed by atoms with Crippen LogP contribution in [0.4, 0.5) is 17.3 Å². The first-order valence-corrected chi connectivity index (χ1v) is 11.3. The Morgan fingerprint density at radius 3 is 2.42 bits per heavy atom. The molecular formula is C27H29N5O. The van der Waals surface area contributed by atoms with Crippen LogP contribution >= 0.6 is 0 Å². The summed E-state index contributed by atoms with van der Waals surface area (Å²) in [6.07, 6.45) is 1.91. The zero-order chi connectivity index (χ0) is 22.8. The standard InChI is InChI=1S/C27H29N5O/c1-30-14-16-32(17-15-30)23-8-5-7-22(18-23)31(2)27-28-19-21-6-4-9-25(26(21)29-27)20-10-12-24(33-3)13-11-20/h4-13,18-19H,14-17H2,1-3H3. The highest BCUT2D eigenvalue weighted by atomic mass is 16.5. The van der Waals surface area contributed by atoms with E-state index < -0.39 is 0 Å². The number of rotatable bonds is 5. The molecule has 0 aliphatic carbocycles. The lowest BCUT2D eigenvalue weighted by Gasteiger charge is -2.34. The van der Waals surface area contributed by atoms with Gasteiger partial charge in [0.25, 0.3) is 0 Å². The molecule has 6 nitrogen and oxygen atoms in total. The molecule has 0 spiro atoms. The lowest BCUT2D eigenvalue weighted by Crippen LogP contribution is -2.44. The highest BCUT2D eigenvalue weighted by molar-refractivity contribution is 5.94. The van der Waals surface area contributed by atoms with Gasteiger partial charge in [0.15, 0.2) is 0 Å². The molecule has 0 bridgehead atoms. The van der Waals surface area contributed by atoms with Crippen molar-refractivity contribution in [3.8, 4) is 16.9 Å². The fourth-order valence-corrected chi connectivity index (χ4v) is 4.29. The smallest absolute Gasteiger partial charge is 0.230 e. The molecule has 168 valence electrons. The summed E-state index contributed by atoms with van der Waals surface area (Å²) in [5.41, 5.74) is 5.44. The fraction of sp³-hybridized carbons (Fsp3) is 0.259. The Labute approximate surface area is 195 Å². The molecule has 1 saturated heterocycles. The van der Waals surface area contributed by atoms with Crippen molar-refractivity contribution in [3.63, 3.8) is 0 Å². The van der Waals surface area contributed by atoms with E-state index in [0.29, 0.717) is 5.95 Å². The monoisotopic (exact) mass is 439 g/mol. The highest BCUT2D eigenvalue weighted by Crippen LogP contribution is 2.31. The van der Waals surface area contributed by atoms with E-state index >= 15 is 0 Å². The Hall–Kier alpha value is -3.64. The van der Waals surface area contributed by atoms with Gasteiger partial charge in [0.1, 0.15) is 5.75 Å². The number of nitrogens with zero attached hydrogens (tertiary/aromatic N) is 5. The number of para-hydroxylation sites is 1. The Kier molecular flexibility index (Phi) is 5.84. The van der Waals surface area contributed by atoms with Crippen LogP contribution in [-0.4, -0.2) is 62.3 Å². The molecular weight excluding hydrogens is 410 g/mol. The van der Waals surface area contributed by atoms with Gasteiger partial charge in [0.2, 0.25) is 5.95 Å². The maximum atomic E-state index is 5.31. The van der Waals surface area contributed by atoms with Crippen molar-refractivity contribution in [1.29, 1.82) is 0 Å². The summed E-state index contributed by atoms with van der Waals surface area (Å²) in [5.74, 6) is 1.52. The minimum Gasteiger partial charge on any atom is -0.497 e. The minimum absolute atomic E-state index is 0.680. The number of hydrogen-bond donors (Lipinski definition) is 0. The van der Waals surface area contributed by atoms with E-state index in [-0.39, 0.29) is 0 Å². The van der Waals surface area contributed by atoms with Crippen molar-refractivity contribution in [3.05, 3.63) is 72.9 Å². The van der Waals surface area contributed by atoms with Crippen molar-refractivity contribution in [1.82, 2.24) is 14.9 Å². The molecule has 3 aromatic carbocycles. The molecule has 0 radical (unpaired) electrons. The maximum absolute atomic E-state index is 5.31. The minimum atomic E-state index is 0.680. The fourth-order valence-electron chi connectivity index (χ4n) is 4.29. The van der Waals surface area contributed by atoms with Crippen LogP contribution in [-0.2, 0) is 0 Å². The Balaban J connectivity index is 1.48. The summed E-state index contributed by atoms with van der Waals surface area (Å²) < 4.78 is 5.31.